The van der Waals surface area contributed by atoms with Crippen molar-refractivity contribution in [3.8, 4) is 0 Å². The average molecular weight is 189 g/mol. The van der Waals surface area contributed by atoms with E-state index in [1.165, 1.54) is 6.42 Å². The highest BCUT2D eigenvalue weighted by Crippen LogP contribution is 1.96. The molecule has 0 aromatic rings. The number of unbranched alkanes of at least 4 members (excludes halogenated alkanes) is 2. The van der Waals surface area contributed by atoms with Crippen molar-refractivity contribution in [2.24, 2.45) is 0 Å². The van der Waals surface area contributed by atoms with Crippen molar-refractivity contribution in [2.75, 3.05) is 20.3 Å². The van der Waals surface area contributed by atoms with E-state index in [9.17, 15) is 5.11 Å². The van der Waals surface area contributed by atoms with Crippen LogP contribution >= 0.6 is 0 Å². The molecular formula is C10H23NO2. The Morgan fingerprint density at radius 1 is 1.23 bits per heavy atom. The number of hydrogen-bond donors (Lipinski definition) is 2. The molecule has 2 N–H and O–H groups in total. The lowest BCUT2D eigenvalue weighted by Crippen LogP contribution is -2.35. The van der Waals surface area contributed by atoms with Gasteiger partial charge in [0.05, 0.1) is 6.10 Å². The lowest BCUT2D eigenvalue weighted by molar-refractivity contribution is 0.152. The van der Waals surface area contributed by atoms with Crippen molar-refractivity contribution < 1.29 is 9.84 Å². The molecule has 0 heterocycles. The van der Waals surface area contributed by atoms with Crippen molar-refractivity contribution in [1.29, 1.82) is 0 Å². The van der Waals surface area contributed by atoms with Crippen molar-refractivity contribution in [3.63, 3.8) is 0 Å². The molecule has 0 saturated heterocycles. The Morgan fingerprint density at radius 2 is 1.92 bits per heavy atom. The zero-order chi connectivity index (χ0) is 10.1. The van der Waals surface area contributed by atoms with Crippen LogP contribution in [0.4, 0.5) is 0 Å². The van der Waals surface area contributed by atoms with Crippen LogP contribution in [0.2, 0.25) is 0 Å². The van der Waals surface area contributed by atoms with Crippen LogP contribution in [0, 0.1) is 0 Å². The van der Waals surface area contributed by atoms with Crippen LogP contribution in [0.3, 0.4) is 0 Å². The molecule has 0 spiro atoms. The molecular weight excluding hydrogens is 166 g/mol. The van der Waals surface area contributed by atoms with Gasteiger partial charge in [0, 0.05) is 19.8 Å². The van der Waals surface area contributed by atoms with Gasteiger partial charge >= 0.3 is 0 Å². The molecule has 0 fully saturated rings. The first-order valence-electron chi connectivity index (χ1n) is 5.09. The maximum absolute atomic E-state index is 9.18. The summed E-state index contributed by atoms with van der Waals surface area (Å²) < 4.78 is 4.95. The molecule has 0 aromatic heterocycles. The maximum atomic E-state index is 9.18. The number of rotatable bonds is 8. The van der Waals surface area contributed by atoms with E-state index < -0.39 is 0 Å². The number of aliphatic hydroxyl groups excluding tert-OH is 1. The predicted molar refractivity (Wildman–Crippen MR) is 54.9 cm³/mol. The highest BCUT2D eigenvalue weighted by molar-refractivity contribution is 4.65. The van der Waals surface area contributed by atoms with Gasteiger partial charge in [-0.2, -0.15) is 0 Å². The Labute approximate surface area is 81.5 Å². The lowest BCUT2D eigenvalue weighted by atomic mass is 10.2. The molecule has 0 rings (SSSR count). The maximum Gasteiger partial charge on any atom is 0.0662 e. The predicted octanol–water partition coefficient (Wildman–Crippen LogP) is 1.16. The van der Waals surface area contributed by atoms with E-state index in [-0.39, 0.29) is 12.1 Å². The van der Waals surface area contributed by atoms with Crippen molar-refractivity contribution in [3.05, 3.63) is 0 Å². The van der Waals surface area contributed by atoms with Crippen LogP contribution < -0.4 is 5.32 Å². The fraction of sp³-hybridized carbons (Fsp3) is 1.00. The van der Waals surface area contributed by atoms with Gasteiger partial charge in [-0.3, -0.25) is 0 Å². The summed E-state index contributed by atoms with van der Waals surface area (Å²) in [5.41, 5.74) is 0. The standard InChI is InChI=1S/C10H23NO2/c1-9(10(2)12)11-7-5-4-6-8-13-3/h9-12H,4-8H2,1-3H3. The third-order valence-electron chi connectivity index (χ3n) is 2.22. The average Bonchev–Trinajstić information content (AvgIpc) is 2.10. The molecule has 0 aliphatic rings. The zero-order valence-electron chi connectivity index (χ0n) is 9.05. The Balaban J connectivity index is 3.07. The van der Waals surface area contributed by atoms with Gasteiger partial charge in [0.15, 0.2) is 0 Å². The summed E-state index contributed by atoms with van der Waals surface area (Å²) in [4.78, 5) is 0. The molecule has 80 valence electrons. The van der Waals surface area contributed by atoms with E-state index in [2.05, 4.69) is 5.32 Å². The Bertz CT molecular complexity index is 107. The highest BCUT2D eigenvalue weighted by Gasteiger charge is 2.05. The minimum absolute atomic E-state index is 0.197. The van der Waals surface area contributed by atoms with Crippen molar-refractivity contribution >= 4 is 0 Å². The fourth-order valence-electron chi connectivity index (χ4n) is 1.05. The van der Waals surface area contributed by atoms with E-state index >= 15 is 0 Å². The molecule has 0 saturated carbocycles. The molecule has 2 atom stereocenters. The smallest absolute Gasteiger partial charge is 0.0662 e. The van der Waals surface area contributed by atoms with E-state index in [1.54, 1.807) is 7.11 Å². The lowest BCUT2D eigenvalue weighted by Gasteiger charge is -2.16. The van der Waals surface area contributed by atoms with Gasteiger partial charge in [-0.15, -0.1) is 0 Å². The summed E-state index contributed by atoms with van der Waals surface area (Å²) in [6, 6.07) is 0.197. The molecule has 13 heavy (non-hydrogen) atoms. The molecule has 0 aliphatic heterocycles. The van der Waals surface area contributed by atoms with Gasteiger partial charge in [0.2, 0.25) is 0 Å². The van der Waals surface area contributed by atoms with Gasteiger partial charge in [0.1, 0.15) is 0 Å². The van der Waals surface area contributed by atoms with Crippen LogP contribution in [0.25, 0.3) is 0 Å². The normalized spacial score (nSPS) is 15.7. The number of methoxy groups -OCH3 is 1. The molecule has 3 heteroatoms. The van der Waals surface area contributed by atoms with Crippen molar-refractivity contribution in [2.45, 2.75) is 45.3 Å². The summed E-state index contributed by atoms with van der Waals surface area (Å²) in [7, 11) is 1.73. The molecule has 0 bridgehead atoms. The second-order valence-electron chi connectivity index (χ2n) is 3.54. The van der Waals surface area contributed by atoms with Crippen LogP contribution in [0.5, 0.6) is 0 Å². The molecule has 0 aromatic carbocycles. The van der Waals surface area contributed by atoms with Gasteiger partial charge in [-0.1, -0.05) is 0 Å². The van der Waals surface area contributed by atoms with Crippen LogP contribution in [0.15, 0.2) is 0 Å². The first-order valence-corrected chi connectivity index (χ1v) is 5.09. The van der Waals surface area contributed by atoms with Crippen LogP contribution in [-0.2, 0) is 4.74 Å². The van der Waals surface area contributed by atoms with E-state index in [4.69, 9.17) is 4.74 Å². The first kappa shape index (κ1) is 12.9. The monoisotopic (exact) mass is 189 g/mol. The third-order valence-corrected chi connectivity index (χ3v) is 2.22. The van der Waals surface area contributed by atoms with Crippen LogP contribution in [-0.4, -0.2) is 37.5 Å². The summed E-state index contributed by atoms with van der Waals surface area (Å²) in [5, 5.41) is 12.4. The number of ether oxygens (including phenoxy) is 1. The molecule has 0 radical (unpaired) electrons. The molecule has 2 unspecified atom stereocenters. The van der Waals surface area contributed by atoms with Gasteiger partial charge in [-0.05, 0) is 39.7 Å². The largest absolute Gasteiger partial charge is 0.392 e. The fourth-order valence-corrected chi connectivity index (χ4v) is 1.05. The third kappa shape index (κ3) is 8.22. The number of hydrogen-bond acceptors (Lipinski definition) is 3. The summed E-state index contributed by atoms with van der Waals surface area (Å²) in [6.07, 6.45) is 3.20. The molecule has 3 nitrogen and oxygen atoms in total. The van der Waals surface area contributed by atoms with Gasteiger partial charge < -0.3 is 15.2 Å². The molecule has 0 amide bonds. The molecule has 0 aliphatic carbocycles. The van der Waals surface area contributed by atoms with E-state index in [0.717, 1.165) is 26.0 Å². The summed E-state index contributed by atoms with van der Waals surface area (Å²) >= 11 is 0. The van der Waals surface area contributed by atoms with Gasteiger partial charge in [0.25, 0.3) is 0 Å². The Kier molecular flexibility index (Phi) is 8.40. The first-order chi connectivity index (χ1) is 6.18. The topological polar surface area (TPSA) is 41.5 Å². The van der Waals surface area contributed by atoms with E-state index in [0.29, 0.717) is 0 Å². The Hall–Kier alpha value is -0.120. The second kappa shape index (κ2) is 8.48. The van der Waals surface area contributed by atoms with Gasteiger partial charge in [-0.25, -0.2) is 0 Å². The Morgan fingerprint density at radius 3 is 2.46 bits per heavy atom. The number of aliphatic hydroxyl groups is 1. The quantitative estimate of drug-likeness (QED) is 0.563. The summed E-state index contributed by atoms with van der Waals surface area (Å²) in [5.74, 6) is 0. The number of nitrogens with one attached hydrogen (secondary N) is 1. The minimum Gasteiger partial charge on any atom is -0.392 e. The second-order valence-corrected chi connectivity index (χ2v) is 3.54. The minimum atomic E-state index is -0.265. The van der Waals surface area contributed by atoms with Crippen molar-refractivity contribution in [1.82, 2.24) is 5.32 Å². The zero-order valence-corrected chi connectivity index (χ0v) is 9.05. The van der Waals surface area contributed by atoms with E-state index in [1.807, 2.05) is 13.8 Å². The SMILES string of the molecule is COCCCCCNC(C)C(C)O. The summed E-state index contributed by atoms with van der Waals surface area (Å²) in [6.45, 7) is 5.64. The van der Waals surface area contributed by atoms with Crippen LogP contribution in [0.1, 0.15) is 33.1 Å². The highest BCUT2D eigenvalue weighted by atomic mass is 16.5.